The summed E-state index contributed by atoms with van der Waals surface area (Å²) in [6.07, 6.45) is 3.90. The summed E-state index contributed by atoms with van der Waals surface area (Å²) in [5.41, 5.74) is 1.17. The van der Waals surface area contributed by atoms with Crippen molar-refractivity contribution >= 4 is 23.2 Å². The van der Waals surface area contributed by atoms with Gasteiger partial charge in [-0.1, -0.05) is 18.5 Å². The summed E-state index contributed by atoms with van der Waals surface area (Å²) in [7, 11) is 0. The van der Waals surface area contributed by atoms with E-state index in [9.17, 15) is 4.79 Å². The number of rotatable bonds is 8. The standard InChI is InChI=1S/C19H19ClN4O3/c1-2-9-26-15-4-6-16(7-5-15)27-11-19(25)23-17-10-14(20)3-8-18(17)24-13-21-12-22-24/h3-8,10,12-13H,2,9,11H2,1H3,(H,23,25). The van der Waals surface area contributed by atoms with Crippen molar-refractivity contribution in [3.63, 3.8) is 0 Å². The molecular weight excluding hydrogens is 368 g/mol. The van der Waals surface area contributed by atoms with Crippen LogP contribution in [0, 0.1) is 0 Å². The second-order valence-corrected chi connectivity index (χ2v) is 6.09. The van der Waals surface area contributed by atoms with E-state index in [4.69, 9.17) is 21.1 Å². The van der Waals surface area contributed by atoms with Gasteiger partial charge >= 0.3 is 0 Å². The topological polar surface area (TPSA) is 78.3 Å². The molecule has 1 N–H and O–H groups in total. The van der Waals surface area contributed by atoms with Crippen LogP contribution in [0.15, 0.2) is 55.1 Å². The first kappa shape index (κ1) is 18.7. The number of nitrogens with one attached hydrogen (secondary N) is 1. The van der Waals surface area contributed by atoms with Crippen molar-refractivity contribution in [1.82, 2.24) is 14.8 Å². The molecule has 27 heavy (non-hydrogen) atoms. The van der Waals surface area contributed by atoms with E-state index in [0.717, 1.165) is 12.2 Å². The van der Waals surface area contributed by atoms with Crippen LogP contribution in [0.25, 0.3) is 5.69 Å². The van der Waals surface area contributed by atoms with Gasteiger partial charge in [-0.3, -0.25) is 4.79 Å². The Bertz CT molecular complexity index is 882. The molecule has 0 aliphatic heterocycles. The van der Waals surface area contributed by atoms with Crippen molar-refractivity contribution in [3.8, 4) is 17.2 Å². The van der Waals surface area contributed by atoms with Gasteiger partial charge in [0.2, 0.25) is 0 Å². The Hall–Kier alpha value is -3.06. The fraction of sp³-hybridized carbons (Fsp3) is 0.211. The van der Waals surface area contributed by atoms with Crippen LogP contribution in [0.5, 0.6) is 11.5 Å². The first-order valence-electron chi connectivity index (χ1n) is 8.46. The zero-order chi connectivity index (χ0) is 19.1. The molecule has 0 spiro atoms. The zero-order valence-electron chi connectivity index (χ0n) is 14.8. The van der Waals surface area contributed by atoms with Crippen LogP contribution in [0.3, 0.4) is 0 Å². The molecule has 7 nitrogen and oxygen atoms in total. The molecule has 3 rings (SSSR count). The van der Waals surface area contributed by atoms with Crippen LogP contribution >= 0.6 is 11.6 Å². The lowest BCUT2D eigenvalue weighted by Gasteiger charge is -2.12. The van der Waals surface area contributed by atoms with E-state index < -0.39 is 0 Å². The highest BCUT2D eigenvalue weighted by Gasteiger charge is 2.11. The number of benzene rings is 2. The van der Waals surface area contributed by atoms with E-state index in [2.05, 4.69) is 15.4 Å². The molecule has 0 saturated carbocycles. The largest absolute Gasteiger partial charge is 0.494 e. The van der Waals surface area contributed by atoms with Crippen LogP contribution in [-0.4, -0.2) is 33.9 Å². The first-order chi connectivity index (χ1) is 13.2. The molecule has 140 valence electrons. The molecule has 0 saturated heterocycles. The summed E-state index contributed by atoms with van der Waals surface area (Å²) in [6, 6.07) is 12.3. The Morgan fingerprint density at radius 2 is 1.89 bits per heavy atom. The van der Waals surface area contributed by atoms with Gasteiger partial charge in [0, 0.05) is 5.02 Å². The number of carbonyl (C=O) groups excluding carboxylic acids is 1. The highest BCUT2D eigenvalue weighted by Crippen LogP contribution is 2.24. The molecule has 0 atom stereocenters. The van der Waals surface area contributed by atoms with E-state index in [-0.39, 0.29) is 12.5 Å². The molecule has 1 heterocycles. The number of ether oxygens (including phenoxy) is 2. The molecule has 1 amide bonds. The third-order valence-electron chi connectivity index (χ3n) is 3.56. The molecule has 0 unspecified atom stereocenters. The summed E-state index contributed by atoms with van der Waals surface area (Å²) in [5, 5.41) is 7.36. The minimum Gasteiger partial charge on any atom is -0.494 e. The van der Waals surface area contributed by atoms with Gasteiger partial charge in [0.05, 0.1) is 18.0 Å². The van der Waals surface area contributed by atoms with Crippen molar-refractivity contribution in [2.45, 2.75) is 13.3 Å². The van der Waals surface area contributed by atoms with Crippen LogP contribution < -0.4 is 14.8 Å². The maximum absolute atomic E-state index is 12.3. The lowest BCUT2D eigenvalue weighted by Crippen LogP contribution is -2.21. The van der Waals surface area contributed by atoms with Crippen LogP contribution in [0.1, 0.15) is 13.3 Å². The van der Waals surface area contributed by atoms with Gasteiger partial charge < -0.3 is 14.8 Å². The third-order valence-corrected chi connectivity index (χ3v) is 3.80. The van der Waals surface area contributed by atoms with Gasteiger partial charge in [-0.2, -0.15) is 5.10 Å². The van der Waals surface area contributed by atoms with E-state index >= 15 is 0 Å². The average molecular weight is 387 g/mol. The number of aromatic nitrogens is 3. The lowest BCUT2D eigenvalue weighted by atomic mass is 10.2. The Labute approximate surface area is 161 Å². The number of amides is 1. The second-order valence-electron chi connectivity index (χ2n) is 5.66. The van der Waals surface area contributed by atoms with E-state index in [1.165, 1.54) is 12.7 Å². The van der Waals surface area contributed by atoms with Gasteiger partial charge in [-0.15, -0.1) is 0 Å². The molecule has 0 fully saturated rings. The minimum atomic E-state index is -0.315. The molecule has 0 radical (unpaired) electrons. The smallest absolute Gasteiger partial charge is 0.262 e. The number of hydrogen-bond donors (Lipinski definition) is 1. The molecule has 1 aromatic heterocycles. The maximum atomic E-state index is 12.3. The van der Waals surface area contributed by atoms with Gasteiger partial charge in [-0.05, 0) is 48.9 Å². The Morgan fingerprint density at radius 1 is 1.15 bits per heavy atom. The maximum Gasteiger partial charge on any atom is 0.262 e. The number of anilines is 1. The van der Waals surface area contributed by atoms with Crippen molar-refractivity contribution in [1.29, 1.82) is 0 Å². The van der Waals surface area contributed by atoms with Crippen LogP contribution in [0.4, 0.5) is 5.69 Å². The zero-order valence-corrected chi connectivity index (χ0v) is 15.5. The normalized spacial score (nSPS) is 10.4. The van der Waals surface area contributed by atoms with E-state index in [0.29, 0.717) is 28.8 Å². The molecule has 2 aromatic carbocycles. The SMILES string of the molecule is CCCOc1ccc(OCC(=O)Nc2cc(Cl)ccc2-n2cncn2)cc1. The summed E-state index contributed by atoms with van der Waals surface area (Å²) < 4.78 is 12.6. The molecule has 0 aliphatic carbocycles. The molecular formula is C19H19ClN4O3. The minimum absolute atomic E-state index is 0.140. The molecule has 3 aromatic rings. The summed E-state index contributed by atoms with van der Waals surface area (Å²) in [4.78, 5) is 16.2. The summed E-state index contributed by atoms with van der Waals surface area (Å²) >= 11 is 6.05. The van der Waals surface area contributed by atoms with Crippen LogP contribution in [-0.2, 0) is 4.79 Å². The lowest BCUT2D eigenvalue weighted by molar-refractivity contribution is -0.118. The fourth-order valence-corrected chi connectivity index (χ4v) is 2.50. The number of halogens is 1. The highest BCUT2D eigenvalue weighted by molar-refractivity contribution is 6.31. The van der Waals surface area contributed by atoms with E-state index in [1.54, 1.807) is 35.0 Å². The predicted octanol–water partition coefficient (Wildman–Crippen LogP) is 3.73. The molecule has 0 aliphatic rings. The van der Waals surface area contributed by atoms with Gasteiger partial charge in [-0.25, -0.2) is 9.67 Å². The first-order valence-corrected chi connectivity index (χ1v) is 8.83. The summed E-state index contributed by atoms with van der Waals surface area (Å²) in [5.74, 6) is 1.03. The van der Waals surface area contributed by atoms with Crippen molar-refractivity contribution in [2.75, 3.05) is 18.5 Å². The van der Waals surface area contributed by atoms with E-state index in [1.807, 2.05) is 19.1 Å². The van der Waals surface area contributed by atoms with Crippen molar-refractivity contribution in [3.05, 3.63) is 60.1 Å². The quantitative estimate of drug-likeness (QED) is 0.638. The highest BCUT2D eigenvalue weighted by atomic mass is 35.5. The van der Waals surface area contributed by atoms with Crippen molar-refractivity contribution < 1.29 is 14.3 Å². The molecule has 8 heteroatoms. The fourth-order valence-electron chi connectivity index (χ4n) is 2.33. The predicted molar refractivity (Wildman–Crippen MR) is 103 cm³/mol. The second kappa shape index (κ2) is 9.05. The number of hydrogen-bond acceptors (Lipinski definition) is 5. The average Bonchev–Trinajstić information content (AvgIpc) is 3.20. The van der Waals surface area contributed by atoms with Gasteiger partial charge in [0.1, 0.15) is 24.2 Å². The Kier molecular flexibility index (Phi) is 6.27. The van der Waals surface area contributed by atoms with Crippen LogP contribution in [0.2, 0.25) is 5.02 Å². The third kappa shape index (κ3) is 5.21. The monoisotopic (exact) mass is 386 g/mol. The number of nitrogens with zero attached hydrogens (tertiary/aromatic N) is 3. The van der Waals surface area contributed by atoms with Crippen molar-refractivity contribution in [2.24, 2.45) is 0 Å². The molecule has 0 bridgehead atoms. The van der Waals surface area contributed by atoms with Gasteiger partial charge in [0.25, 0.3) is 5.91 Å². The Morgan fingerprint density at radius 3 is 2.56 bits per heavy atom. The number of carbonyl (C=O) groups is 1. The Balaban J connectivity index is 1.60. The summed E-state index contributed by atoms with van der Waals surface area (Å²) in [6.45, 7) is 2.57. The van der Waals surface area contributed by atoms with Gasteiger partial charge in [0.15, 0.2) is 6.61 Å².